The fourth-order valence-corrected chi connectivity index (χ4v) is 2.84. The molecule has 4 heteroatoms. The van der Waals surface area contributed by atoms with E-state index < -0.39 is 0 Å². The van der Waals surface area contributed by atoms with Gasteiger partial charge in [0.1, 0.15) is 5.76 Å². The molecule has 0 saturated carbocycles. The topological polar surface area (TPSA) is 45.6 Å². The molecule has 1 atom stereocenters. The van der Waals surface area contributed by atoms with Crippen LogP contribution < -0.4 is 5.73 Å². The van der Waals surface area contributed by atoms with Gasteiger partial charge in [0.05, 0.1) is 12.3 Å². The average molecular weight is 285 g/mol. The molecule has 1 aliphatic rings. The van der Waals surface area contributed by atoms with Gasteiger partial charge in [-0.15, -0.1) is 0 Å². The Morgan fingerprint density at radius 3 is 2.33 bits per heavy atom. The van der Waals surface area contributed by atoms with Crippen LogP contribution in [-0.2, 0) is 6.54 Å². The molecule has 2 heterocycles. The zero-order valence-corrected chi connectivity index (χ0v) is 12.3. The average Bonchev–Trinajstić information content (AvgIpc) is 3.05. The van der Waals surface area contributed by atoms with E-state index in [0.29, 0.717) is 0 Å². The number of benzene rings is 1. The molecule has 1 aliphatic heterocycles. The molecule has 4 nitrogen and oxygen atoms in total. The van der Waals surface area contributed by atoms with Gasteiger partial charge in [-0.2, -0.15) is 0 Å². The number of hydrogen-bond donors (Lipinski definition) is 1. The van der Waals surface area contributed by atoms with E-state index in [1.54, 1.807) is 6.26 Å². The molecule has 2 aromatic rings. The third kappa shape index (κ3) is 3.94. The Bertz CT molecular complexity index is 518. The van der Waals surface area contributed by atoms with E-state index in [2.05, 4.69) is 40.1 Å². The third-order valence-electron chi connectivity index (χ3n) is 4.08. The van der Waals surface area contributed by atoms with Crippen LogP contribution in [0.1, 0.15) is 17.4 Å². The first-order valence-corrected chi connectivity index (χ1v) is 7.59. The Balaban J connectivity index is 1.45. The maximum Gasteiger partial charge on any atom is 0.121 e. The van der Waals surface area contributed by atoms with Gasteiger partial charge in [0, 0.05) is 39.3 Å². The normalized spacial score (nSPS) is 18.7. The van der Waals surface area contributed by atoms with Crippen molar-refractivity contribution in [1.82, 2.24) is 9.80 Å². The first kappa shape index (κ1) is 14.3. The van der Waals surface area contributed by atoms with Gasteiger partial charge in [-0.3, -0.25) is 9.80 Å². The van der Waals surface area contributed by atoms with E-state index in [9.17, 15) is 0 Å². The van der Waals surface area contributed by atoms with Crippen LogP contribution in [0.25, 0.3) is 0 Å². The first-order chi connectivity index (χ1) is 10.3. The standard InChI is InChI=1S/C17H23N3O/c18-16(17-7-4-12-21-17)14-20-10-8-19(9-11-20)13-15-5-2-1-3-6-15/h1-7,12,16H,8-11,13-14,18H2. The predicted molar refractivity (Wildman–Crippen MR) is 83.8 cm³/mol. The Morgan fingerprint density at radius 2 is 1.67 bits per heavy atom. The van der Waals surface area contributed by atoms with Gasteiger partial charge in [-0.25, -0.2) is 0 Å². The van der Waals surface area contributed by atoms with E-state index in [4.69, 9.17) is 10.2 Å². The van der Waals surface area contributed by atoms with Gasteiger partial charge in [-0.1, -0.05) is 30.3 Å². The molecule has 0 amide bonds. The molecular weight excluding hydrogens is 262 g/mol. The van der Waals surface area contributed by atoms with Crippen molar-refractivity contribution >= 4 is 0 Å². The Labute approximate surface area is 126 Å². The van der Waals surface area contributed by atoms with Crippen LogP contribution in [0.15, 0.2) is 53.1 Å². The van der Waals surface area contributed by atoms with Crippen molar-refractivity contribution in [1.29, 1.82) is 0 Å². The van der Waals surface area contributed by atoms with Crippen molar-refractivity contribution < 1.29 is 4.42 Å². The molecule has 1 saturated heterocycles. The summed E-state index contributed by atoms with van der Waals surface area (Å²) in [6, 6.07) is 14.5. The van der Waals surface area contributed by atoms with Crippen LogP contribution in [0.5, 0.6) is 0 Å². The Morgan fingerprint density at radius 1 is 0.952 bits per heavy atom. The second kappa shape index (κ2) is 6.89. The molecule has 1 aromatic heterocycles. The number of piperazine rings is 1. The zero-order chi connectivity index (χ0) is 14.5. The molecule has 0 bridgehead atoms. The van der Waals surface area contributed by atoms with Crippen molar-refractivity contribution in [2.24, 2.45) is 5.73 Å². The number of nitrogens with two attached hydrogens (primary N) is 1. The second-order valence-corrected chi connectivity index (χ2v) is 5.68. The van der Waals surface area contributed by atoms with E-state index in [1.165, 1.54) is 5.56 Å². The fraction of sp³-hybridized carbons (Fsp3) is 0.412. The molecule has 1 unspecified atom stereocenters. The molecule has 1 aromatic carbocycles. The van der Waals surface area contributed by atoms with E-state index >= 15 is 0 Å². The lowest BCUT2D eigenvalue weighted by atomic mass is 10.2. The minimum Gasteiger partial charge on any atom is -0.468 e. The highest BCUT2D eigenvalue weighted by Gasteiger charge is 2.20. The Kier molecular flexibility index (Phi) is 4.70. The van der Waals surface area contributed by atoms with Crippen molar-refractivity contribution in [2.45, 2.75) is 12.6 Å². The SMILES string of the molecule is NC(CN1CCN(Cc2ccccc2)CC1)c1ccco1. The van der Waals surface area contributed by atoms with Crippen LogP contribution in [0.4, 0.5) is 0 Å². The minimum atomic E-state index is -0.0272. The molecule has 0 radical (unpaired) electrons. The molecule has 0 aliphatic carbocycles. The highest BCUT2D eigenvalue weighted by molar-refractivity contribution is 5.14. The van der Waals surface area contributed by atoms with Gasteiger partial charge in [0.15, 0.2) is 0 Å². The first-order valence-electron chi connectivity index (χ1n) is 7.59. The van der Waals surface area contributed by atoms with Crippen LogP contribution in [0.2, 0.25) is 0 Å². The summed E-state index contributed by atoms with van der Waals surface area (Å²) in [5.41, 5.74) is 7.57. The molecule has 0 spiro atoms. The number of hydrogen-bond acceptors (Lipinski definition) is 4. The smallest absolute Gasteiger partial charge is 0.121 e. The van der Waals surface area contributed by atoms with Crippen molar-refractivity contribution in [3.63, 3.8) is 0 Å². The lowest BCUT2D eigenvalue weighted by molar-refractivity contribution is 0.120. The van der Waals surface area contributed by atoms with Crippen LogP contribution in [0.3, 0.4) is 0 Å². The number of furan rings is 1. The predicted octanol–water partition coefficient (Wildman–Crippen LogP) is 2.10. The molecule has 112 valence electrons. The summed E-state index contributed by atoms with van der Waals surface area (Å²) in [4.78, 5) is 4.93. The van der Waals surface area contributed by atoms with E-state index in [-0.39, 0.29) is 6.04 Å². The van der Waals surface area contributed by atoms with Gasteiger partial charge in [0.2, 0.25) is 0 Å². The summed E-state index contributed by atoms with van der Waals surface area (Å²) in [6.45, 7) is 6.24. The summed E-state index contributed by atoms with van der Waals surface area (Å²) in [6.07, 6.45) is 1.69. The number of rotatable bonds is 5. The van der Waals surface area contributed by atoms with Crippen molar-refractivity contribution in [2.75, 3.05) is 32.7 Å². The molecule has 21 heavy (non-hydrogen) atoms. The quantitative estimate of drug-likeness (QED) is 0.914. The minimum absolute atomic E-state index is 0.0272. The van der Waals surface area contributed by atoms with Crippen molar-refractivity contribution in [3.05, 3.63) is 60.1 Å². The number of nitrogens with zero attached hydrogens (tertiary/aromatic N) is 2. The molecule has 3 rings (SSSR count). The lowest BCUT2D eigenvalue weighted by Gasteiger charge is -2.35. The van der Waals surface area contributed by atoms with E-state index in [1.807, 2.05) is 12.1 Å². The highest BCUT2D eigenvalue weighted by Crippen LogP contribution is 2.14. The van der Waals surface area contributed by atoms with Gasteiger partial charge in [0.25, 0.3) is 0 Å². The van der Waals surface area contributed by atoms with Crippen molar-refractivity contribution in [3.8, 4) is 0 Å². The molecular formula is C17H23N3O. The van der Waals surface area contributed by atoms with Gasteiger partial charge >= 0.3 is 0 Å². The maximum atomic E-state index is 6.18. The monoisotopic (exact) mass is 285 g/mol. The summed E-state index contributed by atoms with van der Waals surface area (Å²) >= 11 is 0. The van der Waals surface area contributed by atoms with Gasteiger partial charge in [-0.05, 0) is 17.7 Å². The third-order valence-corrected chi connectivity index (χ3v) is 4.08. The molecule has 1 fully saturated rings. The lowest BCUT2D eigenvalue weighted by Crippen LogP contribution is -2.47. The maximum absolute atomic E-state index is 6.18. The van der Waals surface area contributed by atoms with E-state index in [0.717, 1.165) is 45.0 Å². The van der Waals surface area contributed by atoms with Crippen LogP contribution >= 0.6 is 0 Å². The zero-order valence-electron chi connectivity index (χ0n) is 12.3. The summed E-state index contributed by atoms with van der Waals surface area (Å²) in [5, 5.41) is 0. The summed E-state index contributed by atoms with van der Waals surface area (Å²) in [5.74, 6) is 0.877. The largest absolute Gasteiger partial charge is 0.468 e. The fourth-order valence-electron chi connectivity index (χ4n) is 2.84. The summed E-state index contributed by atoms with van der Waals surface area (Å²) in [7, 11) is 0. The van der Waals surface area contributed by atoms with Crippen LogP contribution in [0, 0.1) is 0 Å². The molecule has 2 N–H and O–H groups in total. The van der Waals surface area contributed by atoms with Gasteiger partial charge < -0.3 is 10.2 Å². The van der Waals surface area contributed by atoms with Crippen LogP contribution in [-0.4, -0.2) is 42.5 Å². The second-order valence-electron chi connectivity index (χ2n) is 5.68. The Hall–Kier alpha value is -1.62. The highest BCUT2D eigenvalue weighted by atomic mass is 16.3. The summed E-state index contributed by atoms with van der Waals surface area (Å²) < 4.78 is 5.37.